The molecule has 2 aromatic rings. The van der Waals surface area contributed by atoms with Crippen LogP contribution in [0.15, 0.2) is 24.5 Å². The first-order valence-corrected chi connectivity index (χ1v) is 9.15. The monoisotopic (exact) mass is 369 g/mol. The molecule has 134 valence electrons. The average molecular weight is 370 g/mol. The number of nitrogens with zero attached hydrogens (tertiary/aromatic N) is 3. The summed E-state index contributed by atoms with van der Waals surface area (Å²) >= 11 is 6.26. The normalized spacial score (nSPS) is 20.4. The summed E-state index contributed by atoms with van der Waals surface area (Å²) in [4.78, 5) is 8.67. The van der Waals surface area contributed by atoms with Gasteiger partial charge >= 0.3 is 0 Å². The van der Waals surface area contributed by atoms with Crippen LogP contribution in [-0.4, -0.2) is 29.2 Å². The van der Waals surface area contributed by atoms with E-state index in [-0.39, 0.29) is 11.5 Å². The van der Waals surface area contributed by atoms with Gasteiger partial charge in [0.15, 0.2) is 0 Å². The van der Waals surface area contributed by atoms with E-state index in [0.29, 0.717) is 28.0 Å². The zero-order valence-electron chi connectivity index (χ0n) is 14.6. The van der Waals surface area contributed by atoms with E-state index in [2.05, 4.69) is 26.7 Å². The second kappa shape index (κ2) is 6.75. The average Bonchev–Trinajstić information content (AvgIpc) is 3.42. The Morgan fingerprint density at radius 1 is 1.38 bits per heavy atom. The quantitative estimate of drug-likeness (QED) is 0.857. The molecule has 1 aromatic heterocycles. The molecule has 2 aliphatic rings. The van der Waals surface area contributed by atoms with Crippen LogP contribution in [0.25, 0.3) is 0 Å². The Kier molecular flexibility index (Phi) is 4.43. The lowest BCUT2D eigenvalue weighted by molar-refractivity contribution is 0.0818. The SMILES string of the molecule is Cc1c(Nc2ccc(C#N)cc2Cl)ncnc1OC1CCNCC12CC2. The molecule has 26 heavy (non-hydrogen) atoms. The lowest BCUT2D eigenvalue weighted by Gasteiger charge is -2.32. The molecule has 1 saturated heterocycles. The number of nitriles is 1. The Hall–Kier alpha value is -2.36. The van der Waals surface area contributed by atoms with E-state index in [1.807, 2.05) is 6.92 Å². The minimum Gasteiger partial charge on any atom is -0.473 e. The first kappa shape index (κ1) is 17.1. The number of ether oxygens (including phenoxy) is 1. The van der Waals surface area contributed by atoms with Crippen LogP contribution in [-0.2, 0) is 0 Å². The third kappa shape index (κ3) is 3.20. The van der Waals surface area contributed by atoms with E-state index < -0.39 is 0 Å². The third-order valence-corrected chi connectivity index (χ3v) is 5.59. The standard InChI is InChI=1S/C19H20ClN5O/c1-12-17(25-15-3-2-13(9-21)8-14(15)20)23-11-24-18(12)26-16-4-7-22-10-19(16)5-6-19/h2-3,8,11,16,22H,4-7,10H2,1H3,(H,23,24,25). The van der Waals surface area contributed by atoms with Crippen LogP contribution >= 0.6 is 11.6 Å². The van der Waals surface area contributed by atoms with Crippen molar-refractivity contribution in [1.82, 2.24) is 15.3 Å². The number of rotatable bonds is 4. The number of hydrogen-bond acceptors (Lipinski definition) is 6. The van der Waals surface area contributed by atoms with Crippen LogP contribution in [0, 0.1) is 23.7 Å². The summed E-state index contributed by atoms with van der Waals surface area (Å²) in [5.41, 5.74) is 2.34. The van der Waals surface area contributed by atoms with Crippen LogP contribution in [0.3, 0.4) is 0 Å². The van der Waals surface area contributed by atoms with Crippen molar-refractivity contribution in [3.05, 3.63) is 40.7 Å². The van der Waals surface area contributed by atoms with Crippen LogP contribution in [0.2, 0.25) is 5.02 Å². The largest absolute Gasteiger partial charge is 0.473 e. The molecule has 0 radical (unpaired) electrons. The molecule has 1 atom stereocenters. The van der Waals surface area contributed by atoms with Crippen molar-refractivity contribution in [2.45, 2.75) is 32.3 Å². The molecule has 7 heteroatoms. The predicted octanol–water partition coefficient (Wildman–Crippen LogP) is 3.57. The molecule has 4 rings (SSSR count). The van der Waals surface area contributed by atoms with Gasteiger partial charge in [-0.25, -0.2) is 9.97 Å². The highest BCUT2D eigenvalue weighted by Crippen LogP contribution is 2.51. The van der Waals surface area contributed by atoms with Gasteiger partial charge in [-0.3, -0.25) is 0 Å². The maximum atomic E-state index is 8.96. The summed E-state index contributed by atoms with van der Waals surface area (Å²) in [6.45, 7) is 3.94. The minimum absolute atomic E-state index is 0.198. The first-order valence-electron chi connectivity index (χ1n) is 8.77. The van der Waals surface area contributed by atoms with Crippen LogP contribution in [0.5, 0.6) is 5.88 Å². The van der Waals surface area contributed by atoms with Gasteiger partial charge in [0.1, 0.15) is 18.2 Å². The maximum absolute atomic E-state index is 8.96. The molecule has 1 saturated carbocycles. The molecule has 1 spiro atoms. The summed E-state index contributed by atoms with van der Waals surface area (Å²) < 4.78 is 6.30. The van der Waals surface area contributed by atoms with E-state index in [4.69, 9.17) is 21.6 Å². The first-order chi connectivity index (χ1) is 12.6. The molecule has 1 aliphatic carbocycles. The molecular weight excluding hydrogens is 350 g/mol. The number of anilines is 2. The van der Waals surface area contributed by atoms with Crippen LogP contribution in [0.1, 0.15) is 30.4 Å². The summed E-state index contributed by atoms with van der Waals surface area (Å²) in [7, 11) is 0. The van der Waals surface area contributed by atoms with E-state index in [9.17, 15) is 0 Å². The number of benzene rings is 1. The van der Waals surface area contributed by atoms with Crippen molar-refractivity contribution < 1.29 is 4.74 Å². The highest BCUT2D eigenvalue weighted by Gasteiger charge is 2.52. The van der Waals surface area contributed by atoms with Gasteiger partial charge in [0.2, 0.25) is 5.88 Å². The van der Waals surface area contributed by atoms with Crippen molar-refractivity contribution in [1.29, 1.82) is 5.26 Å². The summed E-state index contributed by atoms with van der Waals surface area (Å²) in [6.07, 6.45) is 5.11. The van der Waals surface area contributed by atoms with Crippen molar-refractivity contribution in [3.8, 4) is 11.9 Å². The van der Waals surface area contributed by atoms with Crippen LogP contribution < -0.4 is 15.4 Å². The summed E-state index contributed by atoms with van der Waals surface area (Å²) in [6, 6.07) is 7.19. The predicted molar refractivity (Wildman–Crippen MR) is 99.8 cm³/mol. The van der Waals surface area contributed by atoms with Gasteiger partial charge in [0.25, 0.3) is 0 Å². The van der Waals surface area contributed by atoms with Gasteiger partial charge < -0.3 is 15.4 Å². The molecule has 0 amide bonds. The Morgan fingerprint density at radius 3 is 2.96 bits per heavy atom. The van der Waals surface area contributed by atoms with Gasteiger partial charge in [-0.1, -0.05) is 11.6 Å². The zero-order valence-corrected chi connectivity index (χ0v) is 15.3. The molecule has 6 nitrogen and oxygen atoms in total. The van der Waals surface area contributed by atoms with Gasteiger partial charge in [0.05, 0.1) is 27.9 Å². The van der Waals surface area contributed by atoms with Crippen molar-refractivity contribution in [2.75, 3.05) is 18.4 Å². The van der Waals surface area contributed by atoms with E-state index in [0.717, 1.165) is 25.1 Å². The van der Waals surface area contributed by atoms with Gasteiger partial charge in [0, 0.05) is 12.0 Å². The van der Waals surface area contributed by atoms with E-state index in [1.54, 1.807) is 18.2 Å². The maximum Gasteiger partial charge on any atom is 0.221 e. The molecule has 2 N–H and O–H groups in total. The number of halogens is 1. The number of nitrogens with one attached hydrogen (secondary N) is 2. The van der Waals surface area contributed by atoms with Crippen molar-refractivity contribution in [2.24, 2.45) is 5.41 Å². The Morgan fingerprint density at radius 2 is 2.23 bits per heavy atom. The number of piperidine rings is 1. The molecule has 2 heterocycles. The molecule has 1 aromatic carbocycles. The van der Waals surface area contributed by atoms with Gasteiger partial charge in [-0.2, -0.15) is 5.26 Å². The second-order valence-electron chi connectivity index (χ2n) is 7.02. The zero-order chi connectivity index (χ0) is 18.1. The molecule has 0 bridgehead atoms. The molecule has 2 fully saturated rings. The lowest BCUT2D eigenvalue weighted by atomic mass is 9.93. The van der Waals surface area contributed by atoms with Crippen molar-refractivity contribution in [3.63, 3.8) is 0 Å². The molecule has 1 unspecified atom stereocenters. The van der Waals surface area contributed by atoms with Gasteiger partial charge in [-0.15, -0.1) is 0 Å². The minimum atomic E-state index is 0.198. The molecular formula is C19H20ClN5O. The Bertz CT molecular complexity index is 875. The Balaban J connectivity index is 1.55. The van der Waals surface area contributed by atoms with Crippen molar-refractivity contribution >= 4 is 23.1 Å². The highest BCUT2D eigenvalue weighted by molar-refractivity contribution is 6.33. The second-order valence-corrected chi connectivity index (χ2v) is 7.43. The fourth-order valence-corrected chi connectivity index (χ4v) is 3.69. The fourth-order valence-electron chi connectivity index (χ4n) is 3.46. The van der Waals surface area contributed by atoms with E-state index >= 15 is 0 Å². The summed E-state index contributed by atoms with van der Waals surface area (Å²) in [5.74, 6) is 1.27. The Labute approximate surface area is 157 Å². The molecule has 1 aliphatic heterocycles. The fraction of sp³-hybridized carbons (Fsp3) is 0.421. The summed E-state index contributed by atoms with van der Waals surface area (Å²) in [5, 5.41) is 16.1. The third-order valence-electron chi connectivity index (χ3n) is 5.28. The van der Waals surface area contributed by atoms with Gasteiger partial charge in [-0.05, 0) is 50.9 Å². The highest BCUT2D eigenvalue weighted by atomic mass is 35.5. The topological polar surface area (TPSA) is 82.9 Å². The van der Waals surface area contributed by atoms with Crippen LogP contribution in [0.4, 0.5) is 11.5 Å². The number of aromatic nitrogens is 2. The smallest absolute Gasteiger partial charge is 0.221 e. The number of hydrogen-bond donors (Lipinski definition) is 2. The lowest BCUT2D eigenvalue weighted by Crippen LogP contribution is -2.44. The van der Waals surface area contributed by atoms with E-state index in [1.165, 1.54) is 19.2 Å².